The summed E-state index contributed by atoms with van der Waals surface area (Å²) in [5.41, 5.74) is 5.44. The molecule has 0 saturated heterocycles. The summed E-state index contributed by atoms with van der Waals surface area (Å²) < 4.78 is 0. The topological polar surface area (TPSA) is 46.3 Å². The van der Waals surface area contributed by atoms with Gasteiger partial charge in [0.15, 0.2) is 0 Å². The molecular formula is C14H25ClN2OS. The van der Waals surface area contributed by atoms with E-state index in [1.54, 1.807) is 11.3 Å². The van der Waals surface area contributed by atoms with Crippen molar-refractivity contribution >= 4 is 29.7 Å². The Hall–Kier alpha value is -0.580. The second kappa shape index (κ2) is 10.2. The van der Waals surface area contributed by atoms with Crippen LogP contribution in [0.25, 0.3) is 0 Å². The fourth-order valence-corrected chi connectivity index (χ4v) is 2.71. The summed E-state index contributed by atoms with van der Waals surface area (Å²) >= 11 is 1.70. The minimum atomic E-state index is 0. The van der Waals surface area contributed by atoms with Crippen molar-refractivity contribution in [2.45, 2.75) is 45.1 Å². The van der Waals surface area contributed by atoms with Gasteiger partial charge in [0.05, 0.1) is 6.04 Å². The normalized spacial score (nSPS) is 11.7. The molecule has 19 heavy (non-hydrogen) atoms. The van der Waals surface area contributed by atoms with E-state index in [-0.39, 0.29) is 24.4 Å². The van der Waals surface area contributed by atoms with Crippen molar-refractivity contribution < 1.29 is 4.79 Å². The Morgan fingerprint density at radius 2 is 2.05 bits per heavy atom. The van der Waals surface area contributed by atoms with Crippen LogP contribution in [0.5, 0.6) is 0 Å². The van der Waals surface area contributed by atoms with E-state index in [0.29, 0.717) is 6.42 Å². The van der Waals surface area contributed by atoms with Crippen molar-refractivity contribution in [3.05, 3.63) is 22.4 Å². The maximum Gasteiger partial charge on any atom is 0.222 e. The van der Waals surface area contributed by atoms with Gasteiger partial charge in [0.1, 0.15) is 0 Å². The van der Waals surface area contributed by atoms with Crippen molar-refractivity contribution in [1.29, 1.82) is 0 Å². The number of carbonyl (C=O) groups excluding carboxylic acids is 1. The van der Waals surface area contributed by atoms with E-state index in [1.807, 2.05) is 18.0 Å². The SMILES string of the molecule is CC(c1cccs1)N(C)C(=O)CCCCCCN.Cl. The number of halogens is 1. The van der Waals surface area contributed by atoms with Crippen LogP contribution >= 0.6 is 23.7 Å². The fourth-order valence-electron chi connectivity index (χ4n) is 1.89. The monoisotopic (exact) mass is 304 g/mol. The number of nitrogens with zero attached hydrogens (tertiary/aromatic N) is 1. The second-order valence-corrected chi connectivity index (χ2v) is 5.63. The number of hydrogen-bond donors (Lipinski definition) is 1. The standard InChI is InChI=1S/C14H24N2OS.ClH/c1-12(13-8-7-11-18-13)16(2)14(17)9-5-3-4-6-10-15;/h7-8,11-12H,3-6,9-10,15H2,1-2H3;1H. The summed E-state index contributed by atoms with van der Waals surface area (Å²) in [7, 11) is 1.90. The first kappa shape index (κ1) is 18.4. The average Bonchev–Trinajstić information content (AvgIpc) is 2.90. The number of hydrogen-bond acceptors (Lipinski definition) is 3. The van der Waals surface area contributed by atoms with Crippen LogP contribution in [0.15, 0.2) is 17.5 Å². The van der Waals surface area contributed by atoms with Crippen molar-refractivity contribution in [1.82, 2.24) is 4.90 Å². The van der Waals surface area contributed by atoms with Crippen LogP contribution < -0.4 is 5.73 Å². The maximum absolute atomic E-state index is 12.0. The molecule has 0 aliphatic rings. The highest BCUT2D eigenvalue weighted by atomic mass is 35.5. The van der Waals surface area contributed by atoms with E-state index < -0.39 is 0 Å². The van der Waals surface area contributed by atoms with Gasteiger partial charge >= 0.3 is 0 Å². The number of amides is 1. The molecule has 1 atom stereocenters. The number of thiophene rings is 1. The smallest absolute Gasteiger partial charge is 0.222 e. The molecular weight excluding hydrogens is 280 g/mol. The summed E-state index contributed by atoms with van der Waals surface area (Å²) in [6.45, 7) is 2.83. The molecule has 5 heteroatoms. The minimum Gasteiger partial charge on any atom is -0.338 e. The molecule has 1 aromatic heterocycles. The number of rotatable bonds is 8. The molecule has 0 bridgehead atoms. The van der Waals surface area contributed by atoms with Gasteiger partial charge in [0, 0.05) is 18.3 Å². The van der Waals surface area contributed by atoms with Gasteiger partial charge < -0.3 is 10.6 Å². The molecule has 3 nitrogen and oxygen atoms in total. The maximum atomic E-state index is 12.0. The van der Waals surface area contributed by atoms with Crippen molar-refractivity contribution in [3.8, 4) is 0 Å². The molecule has 110 valence electrons. The predicted molar refractivity (Wildman–Crippen MR) is 84.9 cm³/mol. The highest BCUT2D eigenvalue weighted by Gasteiger charge is 2.17. The van der Waals surface area contributed by atoms with E-state index in [9.17, 15) is 4.79 Å². The minimum absolute atomic E-state index is 0. The van der Waals surface area contributed by atoms with E-state index >= 15 is 0 Å². The first-order valence-electron chi connectivity index (χ1n) is 6.66. The number of nitrogens with two attached hydrogens (primary N) is 1. The molecule has 1 aromatic rings. The van der Waals surface area contributed by atoms with Crippen LogP contribution in [0.2, 0.25) is 0 Å². The Kier molecular flexibility index (Phi) is 9.92. The van der Waals surface area contributed by atoms with E-state index in [0.717, 1.165) is 32.2 Å². The lowest BCUT2D eigenvalue weighted by molar-refractivity contribution is -0.131. The molecule has 0 fully saturated rings. The Labute approximate surface area is 126 Å². The zero-order valence-electron chi connectivity index (χ0n) is 11.8. The van der Waals surface area contributed by atoms with Crippen molar-refractivity contribution in [2.75, 3.05) is 13.6 Å². The van der Waals surface area contributed by atoms with Gasteiger partial charge in [-0.25, -0.2) is 0 Å². The summed E-state index contributed by atoms with van der Waals surface area (Å²) in [4.78, 5) is 15.1. The molecule has 0 radical (unpaired) electrons. The first-order chi connectivity index (χ1) is 8.66. The highest BCUT2D eigenvalue weighted by Crippen LogP contribution is 2.24. The predicted octanol–water partition coefficient (Wildman–Crippen LogP) is 3.60. The van der Waals surface area contributed by atoms with Crippen LogP contribution in [0.3, 0.4) is 0 Å². The van der Waals surface area contributed by atoms with E-state index in [2.05, 4.69) is 18.4 Å². The molecule has 0 aliphatic heterocycles. The van der Waals surface area contributed by atoms with Crippen LogP contribution in [0.1, 0.15) is 49.9 Å². The van der Waals surface area contributed by atoms with Crippen molar-refractivity contribution in [2.24, 2.45) is 5.73 Å². The lowest BCUT2D eigenvalue weighted by Gasteiger charge is -2.24. The third-order valence-corrected chi connectivity index (χ3v) is 4.32. The molecule has 1 rings (SSSR count). The molecule has 0 aliphatic carbocycles. The number of unbranched alkanes of at least 4 members (excludes halogenated alkanes) is 3. The quantitative estimate of drug-likeness (QED) is 0.746. The van der Waals surface area contributed by atoms with E-state index in [1.165, 1.54) is 4.88 Å². The molecule has 1 heterocycles. The van der Waals surface area contributed by atoms with Gasteiger partial charge in [-0.05, 0) is 37.8 Å². The highest BCUT2D eigenvalue weighted by molar-refractivity contribution is 7.10. The Balaban J connectivity index is 0.00000324. The van der Waals surface area contributed by atoms with Crippen LogP contribution in [0.4, 0.5) is 0 Å². The largest absolute Gasteiger partial charge is 0.338 e. The lowest BCUT2D eigenvalue weighted by atomic mass is 10.1. The number of carbonyl (C=O) groups is 1. The zero-order chi connectivity index (χ0) is 13.4. The molecule has 1 amide bonds. The average molecular weight is 305 g/mol. The Morgan fingerprint density at radius 3 is 2.63 bits per heavy atom. The van der Waals surface area contributed by atoms with Gasteiger partial charge in [0.2, 0.25) is 5.91 Å². The second-order valence-electron chi connectivity index (χ2n) is 4.65. The van der Waals surface area contributed by atoms with Crippen LogP contribution in [-0.4, -0.2) is 24.4 Å². The first-order valence-corrected chi connectivity index (χ1v) is 7.54. The molecule has 0 saturated carbocycles. The third-order valence-electron chi connectivity index (χ3n) is 3.27. The Morgan fingerprint density at radius 1 is 1.37 bits per heavy atom. The van der Waals surface area contributed by atoms with Crippen LogP contribution in [0, 0.1) is 0 Å². The summed E-state index contributed by atoms with van der Waals surface area (Å²) in [6, 6.07) is 4.30. The summed E-state index contributed by atoms with van der Waals surface area (Å²) in [5, 5.41) is 2.05. The summed E-state index contributed by atoms with van der Waals surface area (Å²) in [5.74, 6) is 0.239. The molecule has 0 spiro atoms. The van der Waals surface area contributed by atoms with Crippen molar-refractivity contribution in [3.63, 3.8) is 0 Å². The Bertz CT molecular complexity index is 343. The molecule has 0 aromatic carbocycles. The van der Waals surface area contributed by atoms with Gasteiger partial charge in [-0.3, -0.25) is 4.79 Å². The summed E-state index contributed by atoms with van der Waals surface area (Å²) in [6.07, 6.45) is 4.92. The van der Waals surface area contributed by atoms with Gasteiger partial charge in [-0.1, -0.05) is 18.9 Å². The van der Waals surface area contributed by atoms with Gasteiger partial charge in [-0.15, -0.1) is 23.7 Å². The van der Waals surface area contributed by atoms with Crippen LogP contribution in [-0.2, 0) is 4.79 Å². The molecule has 2 N–H and O–H groups in total. The zero-order valence-corrected chi connectivity index (χ0v) is 13.4. The van der Waals surface area contributed by atoms with Gasteiger partial charge in [-0.2, -0.15) is 0 Å². The third kappa shape index (κ3) is 6.41. The fraction of sp³-hybridized carbons (Fsp3) is 0.643. The van der Waals surface area contributed by atoms with E-state index in [4.69, 9.17) is 5.73 Å². The van der Waals surface area contributed by atoms with Gasteiger partial charge in [0.25, 0.3) is 0 Å². The molecule has 1 unspecified atom stereocenters. The lowest BCUT2D eigenvalue weighted by Crippen LogP contribution is -2.28.